The molecule has 1 aliphatic heterocycles. The number of carbonyl (C=O) groups is 1. The maximum absolute atomic E-state index is 12.7. The lowest BCUT2D eigenvalue weighted by atomic mass is 9.93. The lowest BCUT2D eigenvalue weighted by Crippen LogP contribution is -2.25. The van der Waals surface area contributed by atoms with Crippen molar-refractivity contribution in [3.05, 3.63) is 64.7 Å². The van der Waals surface area contributed by atoms with Gasteiger partial charge in [0.1, 0.15) is 6.61 Å². The number of ether oxygens (including phenoxy) is 2. The third kappa shape index (κ3) is 4.00. The van der Waals surface area contributed by atoms with E-state index in [2.05, 4.69) is 4.90 Å². The van der Waals surface area contributed by atoms with Crippen LogP contribution in [0.15, 0.2) is 62.4 Å². The molecule has 170 valence electrons. The first-order valence-corrected chi connectivity index (χ1v) is 11.3. The molecule has 1 saturated heterocycles. The maximum atomic E-state index is 12.7. The number of rotatable bonds is 7. The summed E-state index contributed by atoms with van der Waals surface area (Å²) >= 11 is 0. The van der Waals surface area contributed by atoms with Crippen molar-refractivity contribution in [3.8, 4) is 16.9 Å². The SMILES string of the molecule is CCOC(=O)c1ccccc1-c1c2ccoc2c(OCCN2CCCC2)c2oc(=O)ccc12. The summed E-state index contributed by atoms with van der Waals surface area (Å²) in [4.78, 5) is 27.2. The Balaban J connectivity index is 1.68. The molecule has 1 fully saturated rings. The second-order valence-corrected chi connectivity index (χ2v) is 8.03. The molecule has 0 saturated carbocycles. The van der Waals surface area contributed by atoms with Crippen molar-refractivity contribution in [3.63, 3.8) is 0 Å². The second-order valence-electron chi connectivity index (χ2n) is 8.03. The molecule has 0 N–H and O–H groups in total. The number of benzene rings is 2. The Labute approximate surface area is 190 Å². The number of furan rings is 1. The van der Waals surface area contributed by atoms with Crippen LogP contribution in [0, 0.1) is 0 Å². The van der Waals surface area contributed by atoms with Crippen molar-refractivity contribution < 1.29 is 23.1 Å². The van der Waals surface area contributed by atoms with Gasteiger partial charge in [0, 0.05) is 28.9 Å². The van der Waals surface area contributed by atoms with Crippen LogP contribution in [0.4, 0.5) is 0 Å². The number of likely N-dealkylation sites (tertiary alicyclic amines) is 1. The molecule has 33 heavy (non-hydrogen) atoms. The number of hydrogen-bond donors (Lipinski definition) is 0. The molecule has 0 atom stereocenters. The molecule has 7 heteroatoms. The number of nitrogens with zero attached hydrogens (tertiary/aromatic N) is 1. The molecule has 5 rings (SSSR count). The number of carbonyl (C=O) groups excluding carboxylic acids is 1. The molecule has 2 aromatic heterocycles. The minimum absolute atomic E-state index is 0.272. The molecule has 4 aromatic rings. The number of fused-ring (bicyclic) bond motifs is 2. The highest BCUT2D eigenvalue weighted by molar-refractivity contribution is 6.16. The van der Waals surface area contributed by atoms with Crippen LogP contribution < -0.4 is 10.4 Å². The number of hydrogen-bond acceptors (Lipinski definition) is 7. The van der Waals surface area contributed by atoms with Crippen molar-refractivity contribution in [1.29, 1.82) is 0 Å². The molecule has 0 spiro atoms. The quantitative estimate of drug-likeness (QED) is 0.296. The van der Waals surface area contributed by atoms with Gasteiger partial charge in [-0.25, -0.2) is 9.59 Å². The summed E-state index contributed by atoms with van der Waals surface area (Å²) in [6, 6.07) is 12.1. The monoisotopic (exact) mass is 447 g/mol. The first-order valence-electron chi connectivity index (χ1n) is 11.3. The van der Waals surface area contributed by atoms with Gasteiger partial charge in [-0.1, -0.05) is 18.2 Å². The fourth-order valence-electron chi connectivity index (χ4n) is 4.50. The minimum Gasteiger partial charge on any atom is -0.485 e. The van der Waals surface area contributed by atoms with Crippen LogP contribution in [0.3, 0.4) is 0 Å². The van der Waals surface area contributed by atoms with Gasteiger partial charge in [-0.05, 0) is 56.6 Å². The highest BCUT2D eigenvalue weighted by Gasteiger charge is 2.24. The van der Waals surface area contributed by atoms with E-state index in [1.165, 1.54) is 18.9 Å². The predicted molar refractivity (Wildman–Crippen MR) is 125 cm³/mol. The molecular weight excluding hydrogens is 422 g/mol. The van der Waals surface area contributed by atoms with Gasteiger partial charge in [0.2, 0.25) is 5.75 Å². The Hall–Kier alpha value is -3.58. The van der Waals surface area contributed by atoms with Crippen LogP contribution in [-0.4, -0.2) is 43.7 Å². The summed E-state index contributed by atoms with van der Waals surface area (Å²) in [5.74, 6) is -0.0134. The van der Waals surface area contributed by atoms with Gasteiger partial charge in [0.15, 0.2) is 11.2 Å². The zero-order chi connectivity index (χ0) is 22.8. The predicted octanol–water partition coefficient (Wildman–Crippen LogP) is 4.86. The third-order valence-electron chi connectivity index (χ3n) is 5.99. The molecule has 0 bridgehead atoms. The normalized spacial score (nSPS) is 14.2. The van der Waals surface area contributed by atoms with E-state index in [4.69, 9.17) is 18.3 Å². The Kier molecular flexibility index (Phi) is 5.88. The largest absolute Gasteiger partial charge is 0.485 e. The van der Waals surface area contributed by atoms with E-state index < -0.39 is 11.6 Å². The van der Waals surface area contributed by atoms with E-state index in [1.807, 2.05) is 18.2 Å². The van der Waals surface area contributed by atoms with Crippen molar-refractivity contribution in [2.75, 3.05) is 32.8 Å². The van der Waals surface area contributed by atoms with E-state index in [1.54, 1.807) is 31.4 Å². The zero-order valence-corrected chi connectivity index (χ0v) is 18.5. The summed E-state index contributed by atoms with van der Waals surface area (Å²) in [5.41, 5.74) is 2.13. The van der Waals surface area contributed by atoms with Crippen LogP contribution in [-0.2, 0) is 4.74 Å². The molecule has 1 aliphatic rings. The average molecular weight is 447 g/mol. The van der Waals surface area contributed by atoms with Crippen molar-refractivity contribution >= 4 is 27.9 Å². The topological polar surface area (TPSA) is 82.1 Å². The summed E-state index contributed by atoms with van der Waals surface area (Å²) in [6.07, 6.45) is 3.98. The number of esters is 1. The van der Waals surface area contributed by atoms with Crippen LogP contribution in [0.1, 0.15) is 30.1 Å². The van der Waals surface area contributed by atoms with Gasteiger partial charge < -0.3 is 18.3 Å². The average Bonchev–Trinajstić information content (AvgIpc) is 3.51. The molecule has 7 nitrogen and oxygen atoms in total. The van der Waals surface area contributed by atoms with Crippen molar-refractivity contribution in [1.82, 2.24) is 4.90 Å². The van der Waals surface area contributed by atoms with Crippen LogP contribution in [0.5, 0.6) is 5.75 Å². The first kappa shape index (κ1) is 21.3. The molecular formula is C26H25NO6. The maximum Gasteiger partial charge on any atom is 0.338 e. The molecule has 0 unspecified atom stereocenters. The standard InChI is InChI=1S/C26H25NO6/c1-2-30-26(29)18-8-4-3-7-17(18)22-19-9-10-21(28)33-24(19)25(23-20(22)11-15-31-23)32-16-14-27-12-5-6-13-27/h3-4,7-11,15H,2,5-6,12-14,16H2,1H3. The highest BCUT2D eigenvalue weighted by atomic mass is 16.5. The fraction of sp³-hybridized carbons (Fsp3) is 0.308. The van der Waals surface area contributed by atoms with E-state index in [0.29, 0.717) is 40.0 Å². The second kappa shape index (κ2) is 9.11. The minimum atomic E-state index is -0.484. The fourth-order valence-corrected chi connectivity index (χ4v) is 4.50. The van der Waals surface area contributed by atoms with Gasteiger partial charge in [0.05, 0.1) is 18.4 Å². The van der Waals surface area contributed by atoms with Gasteiger partial charge in [-0.3, -0.25) is 4.90 Å². The van der Waals surface area contributed by atoms with Gasteiger partial charge in [-0.15, -0.1) is 0 Å². The lowest BCUT2D eigenvalue weighted by Gasteiger charge is -2.17. The van der Waals surface area contributed by atoms with Gasteiger partial charge in [0.25, 0.3) is 0 Å². The summed E-state index contributed by atoms with van der Waals surface area (Å²) in [6.45, 7) is 5.41. The van der Waals surface area contributed by atoms with Crippen molar-refractivity contribution in [2.45, 2.75) is 19.8 Å². The lowest BCUT2D eigenvalue weighted by molar-refractivity contribution is 0.0527. The van der Waals surface area contributed by atoms with Crippen LogP contribution in [0.25, 0.3) is 33.1 Å². The van der Waals surface area contributed by atoms with E-state index in [0.717, 1.165) is 30.6 Å². The molecule has 3 heterocycles. The summed E-state index contributed by atoms with van der Waals surface area (Å²) < 4.78 is 22.9. The zero-order valence-electron chi connectivity index (χ0n) is 18.5. The molecule has 2 aromatic carbocycles. The van der Waals surface area contributed by atoms with Crippen molar-refractivity contribution in [2.24, 2.45) is 0 Å². The van der Waals surface area contributed by atoms with Crippen LogP contribution >= 0.6 is 0 Å². The van der Waals surface area contributed by atoms with Gasteiger partial charge >= 0.3 is 11.6 Å². The molecule has 0 radical (unpaired) electrons. The third-order valence-corrected chi connectivity index (χ3v) is 5.99. The Bertz CT molecular complexity index is 1360. The molecule has 0 aliphatic carbocycles. The molecule has 0 amide bonds. The van der Waals surface area contributed by atoms with E-state index in [9.17, 15) is 9.59 Å². The van der Waals surface area contributed by atoms with Crippen LogP contribution in [0.2, 0.25) is 0 Å². The smallest absolute Gasteiger partial charge is 0.338 e. The summed E-state index contributed by atoms with van der Waals surface area (Å²) in [5, 5.41) is 1.43. The van der Waals surface area contributed by atoms with E-state index in [-0.39, 0.29) is 6.61 Å². The Morgan fingerprint density at radius 2 is 1.82 bits per heavy atom. The Morgan fingerprint density at radius 1 is 1.03 bits per heavy atom. The van der Waals surface area contributed by atoms with E-state index >= 15 is 0 Å². The highest BCUT2D eigenvalue weighted by Crippen LogP contribution is 2.44. The Morgan fingerprint density at radius 3 is 2.64 bits per heavy atom. The summed E-state index contributed by atoms with van der Waals surface area (Å²) in [7, 11) is 0. The van der Waals surface area contributed by atoms with Gasteiger partial charge in [-0.2, -0.15) is 0 Å². The first-order chi connectivity index (χ1) is 16.2.